The summed E-state index contributed by atoms with van der Waals surface area (Å²) in [6.45, 7) is 2.95. The third kappa shape index (κ3) is 4.59. The van der Waals surface area contributed by atoms with Crippen LogP contribution < -0.4 is 10.6 Å². The highest BCUT2D eigenvalue weighted by atomic mass is 16.5. The van der Waals surface area contributed by atoms with Crippen LogP contribution in [0.2, 0.25) is 0 Å². The first kappa shape index (κ1) is 15.0. The summed E-state index contributed by atoms with van der Waals surface area (Å²) >= 11 is 0. The Morgan fingerprint density at radius 3 is 2.33 bits per heavy atom. The second kappa shape index (κ2) is 6.39. The molecule has 1 fully saturated rings. The molecule has 1 atom stereocenters. The van der Waals surface area contributed by atoms with E-state index in [0.717, 1.165) is 12.8 Å². The molecule has 6 heteroatoms. The van der Waals surface area contributed by atoms with E-state index < -0.39 is 12.1 Å². The number of rotatable bonds is 5. The predicted molar refractivity (Wildman–Crippen MR) is 76.8 cm³/mol. The molecule has 112 valence electrons. The number of carbonyl (C=O) groups excluding carboxylic acids is 3. The number of hydrogen-bond acceptors (Lipinski definition) is 4. The number of hydrogen-bond donors (Lipinski definition) is 2. The zero-order valence-corrected chi connectivity index (χ0v) is 12.0. The molecule has 2 amide bonds. The van der Waals surface area contributed by atoms with Gasteiger partial charge in [-0.2, -0.15) is 0 Å². The van der Waals surface area contributed by atoms with Crippen molar-refractivity contribution < 1.29 is 19.1 Å². The smallest absolute Gasteiger partial charge is 0.338 e. The molecule has 0 aliphatic heterocycles. The lowest BCUT2D eigenvalue weighted by atomic mass is 10.2. The summed E-state index contributed by atoms with van der Waals surface area (Å²) in [4.78, 5) is 34.5. The molecule has 0 heterocycles. The molecule has 6 nitrogen and oxygen atoms in total. The lowest BCUT2D eigenvalue weighted by Crippen LogP contribution is -2.37. The molecule has 1 aliphatic rings. The maximum atomic E-state index is 11.9. The van der Waals surface area contributed by atoms with Gasteiger partial charge in [0, 0.05) is 18.7 Å². The third-order valence-corrected chi connectivity index (χ3v) is 3.02. The average Bonchev–Trinajstić information content (AvgIpc) is 3.22. The van der Waals surface area contributed by atoms with Gasteiger partial charge in [0.25, 0.3) is 5.91 Å². The second-order valence-electron chi connectivity index (χ2n) is 5.09. The standard InChI is InChI=1S/C15H18N2O4/c1-9(14(19)17-13-7-8-13)21-15(20)11-3-5-12(6-4-11)16-10(2)18/h3-6,9,13H,7-8H2,1-2H3,(H,16,18)(H,17,19)/t9-/m0/s1. The van der Waals surface area contributed by atoms with E-state index in [4.69, 9.17) is 4.74 Å². The maximum absolute atomic E-state index is 11.9. The quantitative estimate of drug-likeness (QED) is 0.804. The Hall–Kier alpha value is -2.37. The largest absolute Gasteiger partial charge is 0.449 e. The number of nitrogens with one attached hydrogen (secondary N) is 2. The van der Waals surface area contributed by atoms with Crippen LogP contribution in [-0.4, -0.2) is 29.9 Å². The van der Waals surface area contributed by atoms with Crippen LogP contribution in [0.25, 0.3) is 0 Å². The van der Waals surface area contributed by atoms with E-state index in [9.17, 15) is 14.4 Å². The highest BCUT2D eigenvalue weighted by Crippen LogP contribution is 2.19. The highest BCUT2D eigenvalue weighted by Gasteiger charge is 2.27. The molecule has 0 unspecified atom stereocenters. The van der Waals surface area contributed by atoms with Gasteiger partial charge in [0.05, 0.1) is 5.56 Å². The molecule has 21 heavy (non-hydrogen) atoms. The first-order valence-electron chi connectivity index (χ1n) is 6.84. The zero-order chi connectivity index (χ0) is 15.4. The highest BCUT2D eigenvalue weighted by molar-refractivity contribution is 5.93. The second-order valence-corrected chi connectivity index (χ2v) is 5.09. The van der Waals surface area contributed by atoms with Gasteiger partial charge in [0.15, 0.2) is 6.10 Å². The van der Waals surface area contributed by atoms with Crippen molar-refractivity contribution in [3.63, 3.8) is 0 Å². The summed E-state index contributed by atoms with van der Waals surface area (Å²) in [6.07, 6.45) is 1.14. The fourth-order valence-corrected chi connectivity index (χ4v) is 1.72. The molecule has 1 aromatic carbocycles. The number of ether oxygens (including phenoxy) is 1. The Morgan fingerprint density at radius 1 is 1.19 bits per heavy atom. The van der Waals surface area contributed by atoms with Crippen LogP contribution in [0.4, 0.5) is 5.69 Å². The van der Waals surface area contributed by atoms with Gasteiger partial charge in [-0.25, -0.2) is 4.79 Å². The first-order chi connectivity index (χ1) is 9.95. The van der Waals surface area contributed by atoms with Gasteiger partial charge in [-0.3, -0.25) is 9.59 Å². The maximum Gasteiger partial charge on any atom is 0.338 e. The number of esters is 1. The van der Waals surface area contributed by atoms with Gasteiger partial charge in [-0.15, -0.1) is 0 Å². The Kier molecular flexibility index (Phi) is 4.57. The van der Waals surface area contributed by atoms with Crippen LogP contribution in [0.5, 0.6) is 0 Å². The minimum atomic E-state index is -0.826. The molecule has 2 N–H and O–H groups in total. The van der Waals surface area contributed by atoms with Crippen LogP contribution >= 0.6 is 0 Å². The molecule has 1 saturated carbocycles. The summed E-state index contributed by atoms with van der Waals surface area (Å²) in [5, 5.41) is 5.38. The van der Waals surface area contributed by atoms with Gasteiger partial charge in [-0.1, -0.05) is 0 Å². The normalized spacial score (nSPS) is 15.0. The average molecular weight is 290 g/mol. The molecule has 0 aromatic heterocycles. The number of anilines is 1. The van der Waals surface area contributed by atoms with Crippen molar-refractivity contribution in [1.29, 1.82) is 0 Å². The molecular weight excluding hydrogens is 272 g/mol. The SMILES string of the molecule is CC(=O)Nc1ccc(C(=O)O[C@@H](C)C(=O)NC2CC2)cc1. The Balaban J connectivity index is 1.89. The minimum absolute atomic E-state index is 0.185. The van der Waals surface area contributed by atoms with Crippen LogP contribution in [0.1, 0.15) is 37.0 Å². The summed E-state index contributed by atoms with van der Waals surface area (Å²) in [5.41, 5.74) is 0.925. The number of carbonyl (C=O) groups is 3. The Morgan fingerprint density at radius 2 is 1.81 bits per heavy atom. The predicted octanol–water partition coefficient (Wildman–Crippen LogP) is 1.47. The van der Waals surface area contributed by atoms with Gasteiger partial charge >= 0.3 is 5.97 Å². The summed E-state index contributed by atoms with van der Waals surface area (Å²) < 4.78 is 5.11. The zero-order valence-electron chi connectivity index (χ0n) is 12.0. The fraction of sp³-hybridized carbons (Fsp3) is 0.400. The first-order valence-corrected chi connectivity index (χ1v) is 6.84. The van der Waals surface area contributed by atoms with E-state index in [1.807, 2.05) is 0 Å². The van der Waals surface area contributed by atoms with Crippen molar-refractivity contribution >= 4 is 23.5 Å². The van der Waals surface area contributed by atoms with Crippen molar-refractivity contribution in [3.05, 3.63) is 29.8 Å². The third-order valence-electron chi connectivity index (χ3n) is 3.02. The van der Waals surface area contributed by atoms with E-state index in [-0.39, 0.29) is 17.9 Å². The molecule has 1 aliphatic carbocycles. The van der Waals surface area contributed by atoms with E-state index in [2.05, 4.69) is 10.6 Å². The van der Waals surface area contributed by atoms with Gasteiger partial charge in [0.2, 0.25) is 5.91 Å². The lowest BCUT2D eigenvalue weighted by molar-refractivity contribution is -0.129. The van der Waals surface area contributed by atoms with Crippen molar-refractivity contribution in [3.8, 4) is 0 Å². The monoisotopic (exact) mass is 290 g/mol. The van der Waals surface area contributed by atoms with Crippen LogP contribution in [-0.2, 0) is 14.3 Å². The van der Waals surface area contributed by atoms with Crippen LogP contribution in [0, 0.1) is 0 Å². The fourth-order valence-electron chi connectivity index (χ4n) is 1.72. The van der Waals surface area contributed by atoms with Gasteiger partial charge in [-0.05, 0) is 44.0 Å². The van der Waals surface area contributed by atoms with Crippen molar-refractivity contribution in [2.24, 2.45) is 0 Å². The molecule has 0 bridgehead atoms. The van der Waals surface area contributed by atoms with E-state index >= 15 is 0 Å². The van der Waals surface area contributed by atoms with Crippen molar-refractivity contribution in [2.45, 2.75) is 38.8 Å². The van der Waals surface area contributed by atoms with Crippen molar-refractivity contribution in [2.75, 3.05) is 5.32 Å². The molecule has 0 spiro atoms. The number of amides is 2. The van der Waals surface area contributed by atoms with Gasteiger partial charge < -0.3 is 15.4 Å². The van der Waals surface area contributed by atoms with Crippen molar-refractivity contribution in [1.82, 2.24) is 5.32 Å². The minimum Gasteiger partial charge on any atom is -0.449 e. The molecule has 0 radical (unpaired) electrons. The summed E-state index contributed by atoms with van der Waals surface area (Å²) in [6, 6.07) is 6.52. The molecule has 2 rings (SSSR count). The topological polar surface area (TPSA) is 84.5 Å². The molecule has 1 aromatic rings. The number of benzene rings is 1. The van der Waals surface area contributed by atoms with E-state index in [0.29, 0.717) is 11.3 Å². The van der Waals surface area contributed by atoms with Gasteiger partial charge in [0.1, 0.15) is 0 Å². The summed E-state index contributed by atoms with van der Waals surface area (Å²) in [5.74, 6) is -1.03. The molecule has 0 saturated heterocycles. The lowest BCUT2D eigenvalue weighted by Gasteiger charge is -2.13. The van der Waals surface area contributed by atoms with E-state index in [1.165, 1.54) is 6.92 Å². The Labute approximate surface area is 122 Å². The molecular formula is C15H18N2O4. The van der Waals surface area contributed by atoms with Crippen LogP contribution in [0.3, 0.4) is 0 Å². The Bertz CT molecular complexity index is 549. The van der Waals surface area contributed by atoms with Crippen LogP contribution in [0.15, 0.2) is 24.3 Å². The summed E-state index contributed by atoms with van der Waals surface area (Å²) in [7, 11) is 0. The van der Waals surface area contributed by atoms with E-state index in [1.54, 1.807) is 31.2 Å².